The highest BCUT2D eigenvalue weighted by Gasteiger charge is 2.20. The van der Waals surface area contributed by atoms with E-state index in [4.69, 9.17) is 4.74 Å². The monoisotopic (exact) mass is 221 g/mol. The summed E-state index contributed by atoms with van der Waals surface area (Å²) >= 11 is 0. The molecule has 0 atom stereocenters. The second-order valence-electron chi connectivity index (χ2n) is 3.79. The van der Waals surface area contributed by atoms with E-state index in [1.165, 1.54) is 20.0 Å². The third kappa shape index (κ3) is 5.57. The van der Waals surface area contributed by atoms with Crippen LogP contribution in [0, 0.1) is 5.92 Å². The third-order valence-electron chi connectivity index (χ3n) is 2.32. The van der Waals surface area contributed by atoms with E-state index in [9.17, 15) is 8.42 Å². The fraction of sp³-hybridized carbons (Fsp3) is 1.00. The Kier molecular flexibility index (Phi) is 4.84. The van der Waals surface area contributed by atoms with Gasteiger partial charge in [0.2, 0.25) is 0 Å². The lowest BCUT2D eigenvalue weighted by molar-refractivity contribution is 0.217. The molecule has 1 rings (SSSR count). The van der Waals surface area contributed by atoms with Gasteiger partial charge in [-0.3, -0.25) is 0 Å². The number of sulfone groups is 1. The van der Waals surface area contributed by atoms with E-state index in [2.05, 4.69) is 5.32 Å². The second-order valence-corrected chi connectivity index (χ2v) is 6.10. The molecule has 1 aliphatic carbocycles. The molecule has 0 radical (unpaired) electrons. The molecule has 1 saturated carbocycles. The van der Waals surface area contributed by atoms with E-state index in [1.807, 2.05) is 0 Å². The number of hydrogen-bond donors (Lipinski definition) is 1. The first kappa shape index (κ1) is 11.9. The molecular formula is C9H19NO3S. The Labute approximate surface area is 85.9 Å². The summed E-state index contributed by atoms with van der Waals surface area (Å²) in [4.78, 5) is 0. The highest BCUT2D eigenvalue weighted by Crippen LogP contribution is 2.27. The van der Waals surface area contributed by atoms with E-state index < -0.39 is 9.84 Å². The van der Waals surface area contributed by atoms with Gasteiger partial charge in [0.1, 0.15) is 0 Å². The predicted molar refractivity (Wildman–Crippen MR) is 56.1 cm³/mol. The van der Waals surface area contributed by atoms with E-state index in [0.717, 1.165) is 12.5 Å². The maximum atomic E-state index is 11.3. The van der Waals surface area contributed by atoms with Crippen LogP contribution in [-0.4, -0.2) is 46.7 Å². The smallest absolute Gasteiger partial charge is 0.153 e. The molecule has 0 saturated heterocycles. The Morgan fingerprint density at radius 2 is 2.07 bits per heavy atom. The zero-order valence-corrected chi connectivity index (χ0v) is 9.48. The molecule has 0 unspecified atom stereocenters. The first-order chi connectivity index (χ1) is 6.64. The molecule has 0 aliphatic heterocycles. The van der Waals surface area contributed by atoms with Crippen molar-refractivity contribution in [2.75, 3.05) is 38.3 Å². The van der Waals surface area contributed by atoms with Crippen LogP contribution >= 0.6 is 0 Å². The fourth-order valence-corrected chi connectivity index (χ4v) is 2.25. The standard InChI is InChI=1S/C9H19NO3S/c1-13-5-7-14(11,12)6-4-10-8-9-2-3-9/h9-10H,2-8H2,1H3. The lowest BCUT2D eigenvalue weighted by atomic mass is 10.4. The summed E-state index contributed by atoms with van der Waals surface area (Å²) in [6.45, 7) is 1.84. The van der Waals surface area contributed by atoms with Gasteiger partial charge in [-0.05, 0) is 25.3 Å². The SMILES string of the molecule is COCCS(=O)(=O)CCNCC1CC1. The maximum Gasteiger partial charge on any atom is 0.153 e. The normalized spacial score (nSPS) is 17.2. The van der Waals surface area contributed by atoms with Gasteiger partial charge < -0.3 is 10.1 Å². The molecule has 0 heterocycles. The largest absolute Gasteiger partial charge is 0.384 e. The Bertz CT molecular complexity index is 247. The van der Waals surface area contributed by atoms with Gasteiger partial charge in [0.25, 0.3) is 0 Å². The molecule has 1 aliphatic rings. The van der Waals surface area contributed by atoms with Crippen molar-refractivity contribution in [1.29, 1.82) is 0 Å². The molecule has 5 heteroatoms. The van der Waals surface area contributed by atoms with Gasteiger partial charge >= 0.3 is 0 Å². The van der Waals surface area contributed by atoms with Crippen LogP contribution in [0.5, 0.6) is 0 Å². The van der Waals surface area contributed by atoms with Crippen LogP contribution < -0.4 is 5.32 Å². The van der Waals surface area contributed by atoms with Crippen molar-refractivity contribution in [3.05, 3.63) is 0 Å². The predicted octanol–water partition coefficient (Wildman–Crippen LogP) is 0.0472. The summed E-state index contributed by atoms with van der Waals surface area (Å²) in [5, 5.41) is 3.16. The Morgan fingerprint density at radius 3 is 2.64 bits per heavy atom. The van der Waals surface area contributed by atoms with E-state index in [0.29, 0.717) is 13.2 Å². The van der Waals surface area contributed by atoms with Crippen LogP contribution in [0.4, 0.5) is 0 Å². The molecule has 4 nitrogen and oxygen atoms in total. The molecule has 14 heavy (non-hydrogen) atoms. The van der Waals surface area contributed by atoms with E-state index in [-0.39, 0.29) is 11.5 Å². The summed E-state index contributed by atoms with van der Waals surface area (Å²) in [7, 11) is -1.39. The molecule has 0 bridgehead atoms. The number of methoxy groups -OCH3 is 1. The minimum atomic E-state index is -2.91. The zero-order valence-electron chi connectivity index (χ0n) is 8.66. The lowest BCUT2D eigenvalue weighted by Gasteiger charge is -2.04. The molecule has 84 valence electrons. The summed E-state index contributed by atoms with van der Waals surface area (Å²) in [6, 6.07) is 0. The highest BCUT2D eigenvalue weighted by molar-refractivity contribution is 7.91. The van der Waals surface area contributed by atoms with Crippen LogP contribution in [0.15, 0.2) is 0 Å². The first-order valence-electron chi connectivity index (χ1n) is 5.04. The van der Waals surface area contributed by atoms with E-state index >= 15 is 0 Å². The summed E-state index contributed by atoms with van der Waals surface area (Å²) < 4.78 is 27.4. The van der Waals surface area contributed by atoms with Gasteiger partial charge in [0.15, 0.2) is 9.84 Å². The van der Waals surface area contributed by atoms with Gasteiger partial charge in [-0.15, -0.1) is 0 Å². The molecule has 0 aromatic carbocycles. The van der Waals surface area contributed by atoms with Gasteiger partial charge in [0.05, 0.1) is 18.1 Å². The van der Waals surface area contributed by atoms with Crippen molar-refractivity contribution in [1.82, 2.24) is 5.32 Å². The number of hydrogen-bond acceptors (Lipinski definition) is 4. The highest BCUT2D eigenvalue weighted by atomic mass is 32.2. The van der Waals surface area contributed by atoms with Crippen molar-refractivity contribution >= 4 is 9.84 Å². The number of nitrogens with one attached hydrogen (secondary N) is 1. The number of rotatable bonds is 8. The van der Waals surface area contributed by atoms with Crippen LogP contribution in [0.2, 0.25) is 0 Å². The minimum Gasteiger partial charge on any atom is -0.384 e. The topological polar surface area (TPSA) is 55.4 Å². The summed E-state index contributed by atoms with van der Waals surface area (Å²) in [5.74, 6) is 1.16. The van der Waals surface area contributed by atoms with Crippen molar-refractivity contribution in [3.8, 4) is 0 Å². The van der Waals surface area contributed by atoms with Crippen LogP contribution in [-0.2, 0) is 14.6 Å². The van der Waals surface area contributed by atoms with Crippen LogP contribution in [0.1, 0.15) is 12.8 Å². The molecule has 0 spiro atoms. The zero-order chi connectivity index (χ0) is 10.4. The molecular weight excluding hydrogens is 202 g/mol. The lowest BCUT2D eigenvalue weighted by Crippen LogP contribution is -2.27. The first-order valence-corrected chi connectivity index (χ1v) is 6.86. The van der Waals surface area contributed by atoms with Crippen molar-refractivity contribution < 1.29 is 13.2 Å². The van der Waals surface area contributed by atoms with Gasteiger partial charge in [-0.1, -0.05) is 0 Å². The minimum absolute atomic E-state index is 0.134. The van der Waals surface area contributed by atoms with Crippen molar-refractivity contribution in [3.63, 3.8) is 0 Å². The fourth-order valence-electron chi connectivity index (χ4n) is 1.17. The molecule has 0 aromatic heterocycles. The quantitative estimate of drug-likeness (QED) is 0.588. The van der Waals surface area contributed by atoms with Crippen LogP contribution in [0.25, 0.3) is 0 Å². The molecule has 0 amide bonds. The van der Waals surface area contributed by atoms with Crippen molar-refractivity contribution in [2.45, 2.75) is 12.8 Å². The van der Waals surface area contributed by atoms with Gasteiger partial charge in [-0.2, -0.15) is 0 Å². The van der Waals surface area contributed by atoms with Crippen molar-refractivity contribution in [2.24, 2.45) is 5.92 Å². The Balaban J connectivity index is 2.02. The molecule has 1 fully saturated rings. The average Bonchev–Trinajstić information content (AvgIpc) is 2.93. The Morgan fingerprint density at radius 1 is 1.36 bits per heavy atom. The Hall–Kier alpha value is -0.130. The summed E-state index contributed by atoms with van der Waals surface area (Å²) in [6.07, 6.45) is 2.59. The van der Waals surface area contributed by atoms with Gasteiger partial charge in [-0.25, -0.2) is 8.42 Å². The number of ether oxygens (including phenoxy) is 1. The van der Waals surface area contributed by atoms with Crippen LogP contribution in [0.3, 0.4) is 0 Å². The molecule has 1 N–H and O–H groups in total. The summed E-state index contributed by atoms with van der Waals surface area (Å²) in [5.41, 5.74) is 0. The third-order valence-corrected chi connectivity index (χ3v) is 3.93. The maximum absolute atomic E-state index is 11.3. The molecule has 0 aromatic rings. The van der Waals surface area contributed by atoms with E-state index in [1.54, 1.807) is 0 Å². The second kappa shape index (κ2) is 5.68. The average molecular weight is 221 g/mol. The van der Waals surface area contributed by atoms with Gasteiger partial charge in [0, 0.05) is 13.7 Å².